The van der Waals surface area contributed by atoms with Gasteiger partial charge < -0.3 is 0 Å². The summed E-state index contributed by atoms with van der Waals surface area (Å²) in [6, 6.07) is 2.38. The smallest absolute Gasteiger partial charge is 0.116 e. The molecule has 0 bridgehead atoms. The van der Waals surface area contributed by atoms with Gasteiger partial charge in [-0.15, -0.1) is 0 Å². The summed E-state index contributed by atoms with van der Waals surface area (Å²) < 4.78 is 0. The van der Waals surface area contributed by atoms with Crippen molar-refractivity contribution in [2.24, 2.45) is 0 Å². The molecule has 62 valence electrons. The number of nitriles is 1. The van der Waals surface area contributed by atoms with Crippen molar-refractivity contribution < 1.29 is 0 Å². The standard InChI is InChI=1S/C8H14N2S/c1-2-4-10-8(6-9)3-5-11-7-8/h10H,2-5,7H2,1H3. The molecule has 1 atom stereocenters. The lowest BCUT2D eigenvalue weighted by Crippen LogP contribution is -2.44. The van der Waals surface area contributed by atoms with Gasteiger partial charge in [0.05, 0.1) is 6.07 Å². The lowest BCUT2D eigenvalue weighted by Gasteiger charge is -2.20. The van der Waals surface area contributed by atoms with Gasteiger partial charge in [-0.05, 0) is 25.1 Å². The first-order valence-electron chi connectivity index (χ1n) is 4.07. The summed E-state index contributed by atoms with van der Waals surface area (Å²) in [7, 11) is 0. The maximum atomic E-state index is 8.92. The zero-order chi connectivity index (χ0) is 8.16. The fraction of sp³-hybridized carbons (Fsp3) is 0.875. The van der Waals surface area contributed by atoms with E-state index in [2.05, 4.69) is 18.3 Å². The molecule has 0 aliphatic carbocycles. The summed E-state index contributed by atoms with van der Waals surface area (Å²) in [5.74, 6) is 2.09. The molecule has 0 aromatic heterocycles. The average Bonchev–Trinajstić information content (AvgIpc) is 2.50. The number of rotatable bonds is 3. The van der Waals surface area contributed by atoms with Crippen LogP contribution in [0.15, 0.2) is 0 Å². The van der Waals surface area contributed by atoms with Crippen LogP contribution in [0.2, 0.25) is 0 Å². The maximum Gasteiger partial charge on any atom is 0.116 e. The van der Waals surface area contributed by atoms with E-state index in [1.54, 1.807) is 0 Å². The van der Waals surface area contributed by atoms with Crippen molar-refractivity contribution >= 4 is 11.8 Å². The molecule has 0 amide bonds. The van der Waals surface area contributed by atoms with Crippen LogP contribution in [-0.4, -0.2) is 23.6 Å². The normalized spacial score (nSPS) is 30.2. The highest BCUT2D eigenvalue weighted by Crippen LogP contribution is 2.26. The van der Waals surface area contributed by atoms with Crippen molar-refractivity contribution in [3.05, 3.63) is 0 Å². The lowest BCUT2D eigenvalue weighted by atomic mass is 10.0. The Bertz CT molecular complexity index is 156. The summed E-state index contributed by atoms with van der Waals surface area (Å²) >= 11 is 1.87. The molecule has 0 spiro atoms. The average molecular weight is 170 g/mol. The number of hydrogen-bond donors (Lipinski definition) is 1. The van der Waals surface area contributed by atoms with Gasteiger partial charge >= 0.3 is 0 Å². The molecule has 1 fully saturated rings. The van der Waals surface area contributed by atoms with Crippen LogP contribution in [0, 0.1) is 11.3 Å². The molecular weight excluding hydrogens is 156 g/mol. The van der Waals surface area contributed by atoms with E-state index in [1.807, 2.05) is 11.8 Å². The van der Waals surface area contributed by atoms with Gasteiger partial charge in [-0.2, -0.15) is 17.0 Å². The van der Waals surface area contributed by atoms with E-state index in [0.717, 1.165) is 30.9 Å². The second kappa shape index (κ2) is 3.99. The zero-order valence-corrected chi connectivity index (χ0v) is 7.71. The van der Waals surface area contributed by atoms with Crippen molar-refractivity contribution in [2.75, 3.05) is 18.1 Å². The van der Waals surface area contributed by atoms with Gasteiger partial charge in [-0.25, -0.2) is 0 Å². The number of nitrogens with zero attached hydrogens (tertiary/aromatic N) is 1. The van der Waals surface area contributed by atoms with Gasteiger partial charge in [0, 0.05) is 5.75 Å². The van der Waals surface area contributed by atoms with Crippen LogP contribution in [0.4, 0.5) is 0 Å². The Hall–Kier alpha value is -0.200. The molecule has 1 aliphatic rings. The zero-order valence-electron chi connectivity index (χ0n) is 6.89. The van der Waals surface area contributed by atoms with Crippen molar-refractivity contribution in [3.8, 4) is 6.07 Å². The molecular formula is C8H14N2S. The van der Waals surface area contributed by atoms with E-state index in [1.165, 1.54) is 0 Å². The molecule has 1 N–H and O–H groups in total. The van der Waals surface area contributed by atoms with Crippen molar-refractivity contribution in [3.63, 3.8) is 0 Å². The summed E-state index contributed by atoms with van der Waals surface area (Å²) in [6.45, 7) is 3.09. The molecule has 11 heavy (non-hydrogen) atoms. The molecule has 1 saturated heterocycles. The molecule has 0 saturated carbocycles. The van der Waals surface area contributed by atoms with E-state index in [0.29, 0.717) is 0 Å². The molecule has 1 unspecified atom stereocenters. The third kappa shape index (κ3) is 2.11. The Morgan fingerprint density at radius 1 is 1.73 bits per heavy atom. The lowest BCUT2D eigenvalue weighted by molar-refractivity contribution is 0.457. The Kier molecular flexibility index (Phi) is 3.22. The number of nitrogens with one attached hydrogen (secondary N) is 1. The van der Waals surface area contributed by atoms with Crippen LogP contribution < -0.4 is 5.32 Å². The molecule has 0 aromatic rings. The summed E-state index contributed by atoms with van der Waals surface area (Å²) in [6.07, 6.45) is 2.11. The van der Waals surface area contributed by atoms with E-state index in [-0.39, 0.29) is 5.54 Å². The van der Waals surface area contributed by atoms with Gasteiger partial charge in [0.1, 0.15) is 5.54 Å². The van der Waals surface area contributed by atoms with Crippen molar-refractivity contribution in [2.45, 2.75) is 25.3 Å². The first-order chi connectivity index (χ1) is 5.33. The van der Waals surface area contributed by atoms with Crippen LogP contribution in [-0.2, 0) is 0 Å². The van der Waals surface area contributed by atoms with Crippen LogP contribution in [0.1, 0.15) is 19.8 Å². The number of hydrogen-bond acceptors (Lipinski definition) is 3. The maximum absolute atomic E-state index is 8.92. The van der Waals surface area contributed by atoms with Gasteiger partial charge in [-0.1, -0.05) is 6.92 Å². The van der Waals surface area contributed by atoms with Crippen molar-refractivity contribution in [1.29, 1.82) is 5.26 Å². The fourth-order valence-corrected chi connectivity index (χ4v) is 2.49. The Morgan fingerprint density at radius 2 is 2.55 bits per heavy atom. The van der Waals surface area contributed by atoms with Gasteiger partial charge in [0.15, 0.2) is 0 Å². The third-order valence-electron chi connectivity index (χ3n) is 1.95. The first kappa shape index (κ1) is 8.89. The molecule has 1 aliphatic heterocycles. The molecule has 1 rings (SSSR count). The molecule has 1 heterocycles. The second-order valence-corrected chi connectivity index (χ2v) is 4.03. The first-order valence-corrected chi connectivity index (χ1v) is 5.22. The van der Waals surface area contributed by atoms with Gasteiger partial charge in [-0.3, -0.25) is 5.32 Å². The van der Waals surface area contributed by atoms with Gasteiger partial charge in [0.2, 0.25) is 0 Å². The molecule has 3 heteroatoms. The molecule has 2 nitrogen and oxygen atoms in total. The minimum atomic E-state index is -0.194. The topological polar surface area (TPSA) is 35.8 Å². The number of thioether (sulfide) groups is 1. The molecule has 0 aromatic carbocycles. The quantitative estimate of drug-likeness (QED) is 0.695. The highest BCUT2D eigenvalue weighted by atomic mass is 32.2. The van der Waals surface area contributed by atoms with Crippen LogP contribution in [0.5, 0.6) is 0 Å². The monoisotopic (exact) mass is 170 g/mol. The molecule has 0 radical (unpaired) electrons. The highest BCUT2D eigenvalue weighted by Gasteiger charge is 2.33. The van der Waals surface area contributed by atoms with E-state index in [9.17, 15) is 0 Å². The second-order valence-electron chi connectivity index (χ2n) is 2.92. The van der Waals surface area contributed by atoms with E-state index >= 15 is 0 Å². The largest absolute Gasteiger partial charge is 0.299 e. The minimum Gasteiger partial charge on any atom is -0.299 e. The summed E-state index contributed by atoms with van der Waals surface area (Å²) in [4.78, 5) is 0. The van der Waals surface area contributed by atoms with Gasteiger partial charge in [0.25, 0.3) is 0 Å². The predicted octanol–water partition coefficient (Wildman–Crippen LogP) is 1.39. The minimum absolute atomic E-state index is 0.194. The van der Waals surface area contributed by atoms with Crippen LogP contribution in [0.25, 0.3) is 0 Å². The summed E-state index contributed by atoms with van der Waals surface area (Å²) in [5, 5.41) is 12.2. The Labute approximate surface area is 72.4 Å². The van der Waals surface area contributed by atoms with Crippen LogP contribution >= 0.6 is 11.8 Å². The third-order valence-corrected chi connectivity index (χ3v) is 3.14. The van der Waals surface area contributed by atoms with Crippen molar-refractivity contribution in [1.82, 2.24) is 5.32 Å². The highest BCUT2D eigenvalue weighted by molar-refractivity contribution is 7.99. The Balaban J connectivity index is 2.41. The SMILES string of the molecule is CCCNC1(C#N)CCSC1. The predicted molar refractivity (Wildman–Crippen MR) is 48.6 cm³/mol. The van der Waals surface area contributed by atoms with Crippen LogP contribution in [0.3, 0.4) is 0 Å². The van der Waals surface area contributed by atoms with E-state index < -0.39 is 0 Å². The Morgan fingerprint density at radius 3 is 3.00 bits per heavy atom. The fourth-order valence-electron chi connectivity index (χ4n) is 1.20. The van der Waals surface area contributed by atoms with E-state index in [4.69, 9.17) is 5.26 Å². The summed E-state index contributed by atoms with van der Waals surface area (Å²) in [5.41, 5.74) is -0.194.